The topological polar surface area (TPSA) is 13.0 Å². The molecule has 32 heavy (non-hydrogen) atoms. The molecule has 186 valence electrons. The smallest absolute Gasteiger partial charge is 0.105 e. The van der Waals surface area contributed by atoms with Crippen LogP contribution in [0.25, 0.3) is 0 Å². The Morgan fingerprint density at radius 3 is 0.406 bits per heavy atom. The first kappa shape index (κ1) is 24.9. The molecule has 4 saturated heterocycles. The highest BCUT2D eigenvalue weighted by atomic mass is 15.8. The van der Waals surface area contributed by atoms with Gasteiger partial charge in [0.1, 0.15) is 11.3 Å². The van der Waals surface area contributed by atoms with Gasteiger partial charge < -0.3 is 0 Å². The van der Waals surface area contributed by atoms with Crippen molar-refractivity contribution in [2.45, 2.75) is 180 Å². The van der Waals surface area contributed by atoms with Crippen molar-refractivity contribution >= 4 is 0 Å². The highest BCUT2D eigenvalue weighted by Crippen LogP contribution is 2.74. The molecule has 0 N–H and O–H groups in total. The molecule has 4 heteroatoms. The lowest BCUT2D eigenvalue weighted by molar-refractivity contribution is -0.343. The largest absolute Gasteiger partial charge is 0.269 e. The van der Waals surface area contributed by atoms with Crippen LogP contribution in [0.4, 0.5) is 0 Å². The predicted molar refractivity (Wildman–Crippen MR) is 137 cm³/mol. The molecule has 4 fully saturated rings. The van der Waals surface area contributed by atoms with Gasteiger partial charge in [0.2, 0.25) is 0 Å². The van der Waals surface area contributed by atoms with E-state index in [0.717, 1.165) is 0 Å². The lowest BCUT2D eigenvalue weighted by atomic mass is 9.64. The van der Waals surface area contributed by atoms with E-state index in [-0.39, 0.29) is 55.6 Å². The Morgan fingerprint density at radius 1 is 0.219 bits per heavy atom. The standard InChI is InChI=1S/C28H54N4/c1-19(2)20(3,4)30-25(13,14)26(15,16)32-22(7,8)21(5,6)31-24(11,12)23(9,10)29(19)27(30,17)28(31,32)18/h1-18H3. The highest BCUT2D eigenvalue weighted by Gasteiger charge is 2.89. The average Bonchev–Trinajstić information content (AvgIpc) is 2.72. The zero-order valence-corrected chi connectivity index (χ0v) is 24.8. The van der Waals surface area contributed by atoms with Crippen LogP contribution in [0.1, 0.15) is 125 Å². The molecule has 0 saturated carbocycles. The van der Waals surface area contributed by atoms with E-state index in [1.807, 2.05) is 0 Å². The second kappa shape index (κ2) is 5.32. The first-order chi connectivity index (χ1) is 13.7. The second-order valence-electron chi connectivity index (χ2n) is 15.9. The first-order valence-electron chi connectivity index (χ1n) is 12.9. The first-order valence-corrected chi connectivity index (χ1v) is 12.9. The molecule has 0 aromatic rings. The molecule has 0 unspecified atom stereocenters. The third-order valence-electron chi connectivity index (χ3n) is 13.1. The predicted octanol–water partition coefficient (Wildman–Crippen LogP) is 5.91. The zero-order chi connectivity index (χ0) is 25.3. The molecule has 4 aliphatic rings. The third kappa shape index (κ3) is 1.82. The summed E-state index contributed by atoms with van der Waals surface area (Å²) in [6, 6.07) is 0. The third-order valence-corrected chi connectivity index (χ3v) is 13.1. The second-order valence-corrected chi connectivity index (χ2v) is 15.9. The minimum absolute atomic E-state index is 0.0160. The summed E-state index contributed by atoms with van der Waals surface area (Å²) in [5.74, 6) is 0. The Hall–Kier alpha value is -0.160. The molecule has 0 atom stereocenters. The average molecular weight is 447 g/mol. The number of piperazine rings is 2. The minimum atomic E-state index is -0.178. The van der Waals surface area contributed by atoms with Crippen LogP contribution in [-0.4, -0.2) is 75.2 Å². The molecular formula is C28H54N4. The van der Waals surface area contributed by atoms with E-state index in [1.54, 1.807) is 0 Å². The van der Waals surface area contributed by atoms with E-state index in [2.05, 4.69) is 144 Å². The highest BCUT2D eigenvalue weighted by molar-refractivity contribution is 5.42. The van der Waals surface area contributed by atoms with Gasteiger partial charge in [-0.25, -0.2) is 0 Å². The van der Waals surface area contributed by atoms with Crippen molar-refractivity contribution in [3.8, 4) is 0 Å². The quantitative estimate of drug-likeness (QED) is 0.458. The maximum atomic E-state index is 2.95. The molecule has 4 nitrogen and oxygen atoms in total. The van der Waals surface area contributed by atoms with Gasteiger partial charge >= 0.3 is 0 Å². The number of rotatable bonds is 0. The Labute approximate surface area is 200 Å². The number of hydrogen-bond donors (Lipinski definition) is 0. The van der Waals surface area contributed by atoms with Crippen LogP contribution in [-0.2, 0) is 0 Å². The molecule has 0 spiro atoms. The van der Waals surface area contributed by atoms with Gasteiger partial charge in [0.05, 0.1) is 0 Å². The molecule has 4 heterocycles. The van der Waals surface area contributed by atoms with E-state index in [9.17, 15) is 0 Å². The summed E-state index contributed by atoms with van der Waals surface area (Å²) >= 11 is 0. The van der Waals surface area contributed by atoms with Crippen LogP contribution in [0.2, 0.25) is 0 Å². The van der Waals surface area contributed by atoms with E-state index in [0.29, 0.717) is 0 Å². The van der Waals surface area contributed by atoms with Crippen molar-refractivity contribution in [1.82, 2.24) is 19.6 Å². The van der Waals surface area contributed by atoms with E-state index >= 15 is 0 Å². The summed E-state index contributed by atoms with van der Waals surface area (Å²) < 4.78 is 0. The van der Waals surface area contributed by atoms with Crippen LogP contribution in [0.3, 0.4) is 0 Å². The molecule has 4 aliphatic heterocycles. The lowest BCUT2D eigenvalue weighted by Crippen LogP contribution is -2.95. The van der Waals surface area contributed by atoms with Crippen molar-refractivity contribution in [3.05, 3.63) is 0 Å². The van der Waals surface area contributed by atoms with Gasteiger partial charge in [0.25, 0.3) is 0 Å². The van der Waals surface area contributed by atoms with Gasteiger partial charge in [-0.15, -0.1) is 0 Å². The van der Waals surface area contributed by atoms with Crippen molar-refractivity contribution in [1.29, 1.82) is 0 Å². The molecule has 0 aromatic carbocycles. The fraction of sp³-hybridized carbons (Fsp3) is 1.00. The Balaban J connectivity index is 2.29. The van der Waals surface area contributed by atoms with E-state index < -0.39 is 0 Å². The summed E-state index contributed by atoms with van der Waals surface area (Å²) in [6.07, 6.45) is 0. The van der Waals surface area contributed by atoms with Crippen molar-refractivity contribution < 1.29 is 0 Å². The number of hydrogen-bond acceptors (Lipinski definition) is 4. The fourth-order valence-corrected chi connectivity index (χ4v) is 10.4. The monoisotopic (exact) mass is 446 g/mol. The van der Waals surface area contributed by atoms with Gasteiger partial charge in [-0.1, -0.05) is 0 Å². The van der Waals surface area contributed by atoms with Crippen molar-refractivity contribution in [2.24, 2.45) is 0 Å². The zero-order valence-electron chi connectivity index (χ0n) is 24.8. The molecular weight excluding hydrogens is 392 g/mol. The maximum absolute atomic E-state index is 2.95. The van der Waals surface area contributed by atoms with Gasteiger partial charge in [-0.2, -0.15) is 0 Å². The van der Waals surface area contributed by atoms with Gasteiger partial charge in [-0.05, 0) is 125 Å². The van der Waals surface area contributed by atoms with E-state index in [1.165, 1.54) is 0 Å². The minimum Gasteiger partial charge on any atom is -0.269 e. The van der Waals surface area contributed by atoms with Crippen molar-refractivity contribution in [3.63, 3.8) is 0 Å². The normalized spacial score (nSPS) is 38.4. The molecule has 4 rings (SSSR count). The summed E-state index contributed by atoms with van der Waals surface area (Å²) in [4.78, 5) is 11.8. The van der Waals surface area contributed by atoms with Gasteiger partial charge in [-0.3, -0.25) is 19.6 Å². The molecule has 0 aromatic heterocycles. The van der Waals surface area contributed by atoms with Gasteiger partial charge in [0.15, 0.2) is 0 Å². The Kier molecular flexibility index (Phi) is 4.15. The molecule has 0 radical (unpaired) electrons. The summed E-state index contributed by atoms with van der Waals surface area (Å²) in [7, 11) is 0. The van der Waals surface area contributed by atoms with Crippen LogP contribution in [0, 0.1) is 0 Å². The Morgan fingerprint density at radius 2 is 0.312 bits per heavy atom. The Bertz CT molecular complexity index is 734. The summed E-state index contributed by atoms with van der Waals surface area (Å²) in [5, 5.41) is 0. The van der Waals surface area contributed by atoms with Crippen LogP contribution < -0.4 is 0 Å². The molecule has 0 amide bonds. The van der Waals surface area contributed by atoms with Gasteiger partial charge in [0, 0.05) is 44.3 Å². The van der Waals surface area contributed by atoms with Crippen LogP contribution in [0.5, 0.6) is 0 Å². The lowest BCUT2D eigenvalue weighted by Gasteiger charge is -2.79. The molecule has 0 bridgehead atoms. The summed E-state index contributed by atoms with van der Waals surface area (Å²) in [6.45, 7) is 45.3. The summed E-state index contributed by atoms with van der Waals surface area (Å²) in [5.41, 5.74) is -0.595. The molecule has 0 aliphatic carbocycles. The number of nitrogens with zero attached hydrogens (tertiary/aromatic N) is 4. The van der Waals surface area contributed by atoms with Crippen molar-refractivity contribution in [2.75, 3.05) is 0 Å². The SMILES string of the molecule is CC1(C)N2C(C)(C)C(C)(C)N3C(C)(C)C(C)(C)N4C(C)(C)C(C)(C)N(C1(C)C)C2(C)C34C. The van der Waals surface area contributed by atoms with Crippen LogP contribution >= 0.6 is 0 Å². The van der Waals surface area contributed by atoms with Crippen LogP contribution in [0.15, 0.2) is 0 Å². The van der Waals surface area contributed by atoms with E-state index in [4.69, 9.17) is 0 Å². The fourth-order valence-electron chi connectivity index (χ4n) is 10.4. The maximum Gasteiger partial charge on any atom is 0.105 e.